The highest BCUT2D eigenvalue weighted by Crippen LogP contribution is 2.32. The highest BCUT2D eigenvalue weighted by molar-refractivity contribution is 5.74. The van der Waals surface area contributed by atoms with Crippen molar-refractivity contribution in [3.05, 3.63) is 24.2 Å². The summed E-state index contributed by atoms with van der Waals surface area (Å²) in [5, 5.41) is 14.0. The number of aromatic nitrogens is 3. The zero-order chi connectivity index (χ0) is 18.1. The smallest absolute Gasteiger partial charge is 0.249 e. The molecule has 0 spiro atoms. The number of carbonyl (C=O) groups excluding carboxylic acids is 1. The van der Waals surface area contributed by atoms with Crippen LogP contribution in [-0.4, -0.2) is 56.8 Å². The molecule has 2 aliphatic heterocycles. The van der Waals surface area contributed by atoms with Crippen LogP contribution in [0.25, 0.3) is 11.4 Å². The first kappa shape index (κ1) is 17.0. The molecule has 1 N–H and O–H groups in total. The van der Waals surface area contributed by atoms with Gasteiger partial charge in [0, 0.05) is 44.7 Å². The molecule has 2 unspecified atom stereocenters. The number of nitrogens with zero attached hydrogens (tertiary/aromatic N) is 5. The van der Waals surface area contributed by atoms with Crippen molar-refractivity contribution < 1.29 is 14.4 Å². The van der Waals surface area contributed by atoms with Gasteiger partial charge in [-0.1, -0.05) is 5.16 Å². The monoisotopic (exact) mass is 357 g/mol. The van der Waals surface area contributed by atoms with Crippen molar-refractivity contribution in [2.75, 3.05) is 24.5 Å². The second-order valence-electron chi connectivity index (χ2n) is 6.98. The van der Waals surface area contributed by atoms with Crippen molar-refractivity contribution in [3.63, 3.8) is 0 Å². The summed E-state index contributed by atoms with van der Waals surface area (Å²) in [7, 11) is 0. The predicted molar refractivity (Wildman–Crippen MR) is 94.3 cm³/mol. The van der Waals surface area contributed by atoms with Crippen molar-refractivity contribution in [1.29, 1.82) is 0 Å². The first-order chi connectivity index (χ1) is 12.6. The average Bonchev–Trinajstić information content (AvgIpc) is 3.29. The van der Waals surface area contributed by atoms with E-state index in [1.807, 2.05) is 12.1 Å². The van der Waals surface area contributed by atoms with Crippen LogP contribution in [0.3, 0.4) is 0 Å². The Balaban J connectivity index is 1.57. The van der Waals surface area contributed by atoms with Gasteiger partial charge in [0.2, 0.25) is 17.6 Å². The van der Waals surface area contributed by atoms with Gasteiger partial charge in [0.05, 0.1) is 6.10 Å². The summed E-state index contributed by atoms with van der Waals surface area (Å²) < 4.78 is 5.42. The number of anilines is 1. The Morgan fingerprint density at radius 1 is 1.31 bits per heavy atom. The van der Waals surface area contributed by atoms with Gasteiger partial charge in [-0.3, -0.25) is 4.79 Å². The lowest BCUT2D eigenvalue weighted by Gasteiger charge is -2.27. The first-order valence-electron chi connectivity index (χ1n) is 9.12. The summed E-state index contributed by atoms with van der Waals surface area (Å²) in [6, 6.07) is 3.47. The van der Waals surface area contributed by atoms with Crippen LogP contribution in [0.2, 0.25) is 0 Å². The lowest BCUT2D eigenvalue weighted by Crippen LogP contribution is -2.30. The van der Waals surface area contributed by atoms with Gasteiger partial charge < -0.3 is 19.4 Å². The van der Waals surface area contributed by atoms with E-state index in [4.69, 9.17) is 4.52 Å². The number of aliphatic hydroxyl groups excluding tert-OH is 1. The maximum absolute atomic E-state index is 11.8. The number of hydrogen-bond acceptors (Lipinski definition) is 7. The van der Waals surface area contributed by atoms with Crippen molar-refractivity contribution >= 4 is 11.7 Å². The molecule has 2 aromatic rings. The van der Waals surface area contributed by atoms with Gasteiger partial charge in [0.15, 0.2) is 0 Å². The van der Waals surface area contributed by atoms with Crippen LogP contribution in [0.5, 0.6) is 0 Å². The predicted octanol–water partition coefficient (Wildman–Crippen LogP) is 1.78. The fraction of sp³-hybridized carbons (Fsp3) is 0.556. The van der Waals surface area contributed by atoms with E-state index in [0.29, 0.717) is 24.7 Å². The summed E-state index contributed by atoms with van der Waals surface area (Å²) in [6.45, 7) is 3.81. The lowest BCUT2D eigenvalue weighted by atomic mass is 10.1. The van der Waals surface area contributed by atoms with Crippen LogP contribution in [0.1, 0.15) is 44.5 Å². The Morgan fingerprint density at radius 2 is 2.12 bits per heavy atom. The largest absolute Gasteiger partial charge is 0.391 e. The quantitative estimate of drug-likeness (QED) is 0.894. The van der Waals surface area contributed by atoms with Crippen LogP contribution in [-0.2, 0) is 4.79 Å². The lowest BCUT2D eigenvalue weighted by molar-refractivity contribution is -0.130. The van der Waals surface area contributed by atoms with Gasteiger partial charge in [-0.2, -0.15) is 4.98 Å². The number of likely N-dealkylation sites (tertiary alicyclic amines) is 1. The summed E-state index contributed by atoms with van der Waals surface area (Å²) in [5.41, 5.74) is 0.837. The molecular weight excluding hydrogens is 334 g/mol. The Labute approximate surface area is 151 Å². The molecule has 0 radical (unpaired) electrons. The highest BCUT2D eigenvalue weighted by Gasteiger charge is 2.37. The fourth-order valence-electron chi connectivity index (χ4n) is 3.74. The first-order valence-corrected chi connectivity index (χ1v) is 9.12. The third-order valence-electron chi connectivity index (χ3n) is 5.09. The van der Waals surface area contributed by atoms with Crippen molar-refractivity contribution in [2.24, 2.45) is 0 Å². The number of aliphatic hydroxyl groups is 1. The summed E-state index contributed by atoms with van der Waals surface area (Å²) >= 11 is 0. The van der Waals surface area contributed by atoms with Gasteiger partial charge in [-0.05, 0) is 31.4 Å². The summed E-state index contributed by atoms with van der Waals surface area (Å²) in [4.78, 5) is 24.6. The minimum Gasteiger partial charge on any atom is -0.391 e. The molecule has 2 atom stereocenters. The summed E-state index contributed by atoms with van der Waals surface area (Å²) in [5.74, 6) is 1.66. The topological polar surface area (TPSA) is 95.6 Å². The molecule has 4 rings (SSSR count). The molecular formula is C18H23N5O3. The average molecular weight is 357 g/mol. The van der Waals surface area contributed by atoms with E-state index in [2.05, 4.69) is 20.0 Å². The number of piperidine rings is 1. The zero-order valence-electron chi connectivity index (χ0n) is 14.8. The molecule has 4 heterocycles. The van der Waals surface area contributed by atoms with Gasteiger partial charge in [-0.15, -0.1) is 0 Å². The van der Waals surface area contributed by atoms with Crippen molar-refractivity contribution in [1.82, 2.24) is 20.0 Å². The Morgan fingerprint density at radius 3 is 2.88 bits per heavy atom. The van der Waals surface area contributed by atoms with E-state index in [1.54, 1.807) is 11.1 Å². The van der Waals surface area contributed by atoms with E-state index >= 15 is 0 Å². The van der Waals surface area contributed by atoms with Crippen LogP contribution in [0, 0.1) is 0 Å². The second kappa shape index (κ2) is 7.03. The van der Waals surface area contributed by atoms with E-state index in [-0.39, 0.29) is 11.9 Å². The maximum atomic E-state index is 11.8. The van der Waals surface area contributed by atoms with E-state index < -0.39 is 6.10 Å². The van der Waals surface area contributed by atoms with Crippen LogP contribution >= 0.6 is 0 Å². The molecule has 0 aromatic carbocycles. The standard InChI is InChI=1S/C18H23N5O3/c1-12(24)23-11-14(25)10-15(23)18-20-17(21-26-18)13-5-6-19-16(9-13)22-7-3-2-4-8-22/h5-6,9,14-15,25H,2-4,7-8,10-11H2,1H3. The van der Waals surface area contributed by atoms with E-state index in [9.17, 15) is 9.90 Å². The van der Waals surface area contributed by atoms with Gasteiger partial charge in [0.1, 0.15) is 11.9 Å². The fourth-order valence-corrected chi connectivity index (χ4v) is 3.74. The molecule has 1 amide bonds. The third-order valence-corrected chi connectivity index (χ3v) is 5.09. The molecule has 2 aliphatic rings. The van der Waals surface area contributed by atoms with Crippen LogP contribution in [0.15, 0.2) is 22.9 Å². The van der Waals surface area contributed by atoms with Crippen molar-refractivity contribution in [2.45, 2.75) is 44.8 Å². The Hall–Kier alpha value is -2.48. The van der Waals surface area contributed by atoms with Crippen molar-refractivity contribution in [3.8, 4) is 11.4 Å². The van der Waals surface area contributed by atoms with Crippen LogP contribution in [0.4, 0.5) is 5.82 Å². The molecule has 0 saturated carbocycles. The zero-order valence-corrected chi connectivity index (χ0v) is 14.8. The molecule has 8 heteroatoms. The second-order valence-corrected chi connectivity index (χ2v) is 6.98. The number of amides is 1. The molecule has 2 aromatic heterocycles. The number of pyridine rings is 1. The third kappa shape index (κ3) is 3.29. The van der Waals surface area contributed by atoms with Gasteiger partial charge in [-0.25, -0.2) is 4.98 Å². The number of rotatable bonds is 3. The number of hydrogen-bond donors (Lipinski definition) is 1. The summed E-state index contributed by atoms with van der Waals surface area (Å²) in [6.07, 6.45) is 5.25. The van der Waals surface area contributed by atoms with E-state index in [0.717, 1.165) is 24.5 Å². The molecule has 0 aliphatic carbocycles. The van der Waals surface area contributed by atoms with E-state index in [1.165, 1.54) is 26.2 Å². The number of β-amino-alcohol motifs (C(OH)–C–C–N with tert-alkyl or cyclic N) is 1. The number of carbonyl (C=O) groups is 1. The Kier molecular flexibility index (Phi) is 4.58. The van der Waals surface area contributed by atoms with Gasteiger partial charge >= 0.3 is 0 Å². The highest BCUT2D eigenvalue weighted by atomic mass is 16.5. The molecule has 2 fully saturated rings. The molecule has 8 nitrogen and oxygen atoms in total. The Bertz CT molecular complexity index is 787. The molecule has 0 bridgehead atoms. The molecule has 2 saturated heterocycles. The minimum atomic E-state index is -0.564. The van der Waals surface area contributed by atoms with Gasteiger partial charge in [0.25, 0.3) is 0 Å². The minimum absolute atomic E-state index is 0.109. The molecule has 26 heavy (non-hydrogen) atoms. The molecule has 138 valence electrons. The maximum Gasteiger partial charge on any atom is 0.249 e. The normalized spacial score (nSPS) is 23.5. The van der Waals surface area contributed by atoms with Crippen LogP contribution < -0.4 is 4.90 Å². The SMILES string of the molecule is CC(=O)N1CC(O)CC1c1nc(-c2ccnc(N3CCCCC3)c2)no1.